The van der Waals surface area contributed by atoms with Gasteiger partial charge in [0.15, 0.2) is 45.3 Å². The maximum Gasteiger partial charge on any atom is 0.280 e. The summed E-state index contributed by atoms with van der Waals surface area (Å²) in [7, 11) is -15.3. The number of unbranched alkanes of at least 4 members (excludes halogenated alkanes) is 2. The molecule has 0 unspecified atom stereocenters. The van der Waals surface area contributed by atoms with Gasteiger partial charge in [0.1, 0.15) is 0 Å². The van der Waals surface area contributed by atoms with Gasteiger partial charge in [-0.25, -0.2) is 33.7 Å². The monoisotopic (exact) mass is 755 g/mol. The van der Waals surface area contributed by atoms with Crippen LogP contribution in [0.4, 0.5) is 0 Å². The van der Waals surface area contributed by atoms with E-state index in [1.807, 2.05) is 13.8 Å². The molecule has 0 aromatic heterocycles. The Morgan fingerprint density at radius 2 is 1.00 bits per heavy atom. The minimum atomic E-state index is -3.89. The highest BCUT2D eigenvalue weighted by Gasteiger charge is 2.28. The van der Waals surface area contributed by atoms with Crippen molar-refractivity contribution in [3.63, 3.8) is 0 Å². The van der Waals surface area contributed by atoms with E-state index in [1.54, 1.807) is 13.8 Å². The predicted molar refractivity (Wildman–Crippen MR) is 182 cm³/mol. The van der Waals surface area contributed by atoms with E-state index in [0.717, 1.165) is 24.6 Å². The zero-order chi connectivity index (χ0) is 36.5. The van der Waals surface area contributed by atoms with Gasteiger partial charge in [0.05, 0.1) is 31.1 Å². The normalized spacial score (nSPS) is 12.1. The van der Waals surface area contributed by atoms with Crippen LogP contribution in [0.25, 0.3) is 0 Å². The van der Waals surface area contributed by atoms with Crippen molar-refractivity contribution in [1.82, 2.24) is 0 Å². The van der Waals surface area contributed by atoms with Gasteiger partial charge in [0.25, 0.3) is 11.1 Å². The third-order valence-electron chi connectivity index (χ3n) is 6.78. The minimum absolute atomic E-state index is 0.0269. The maximum atomic E-state index is 12.6. The quantitative estimate of drug-likeness (QED) is 0.161. The number of carbonyl (C=O) groups excluding carboxylic acids is 2. The Hall–Kier alpha value is -2.86. The zero-order valence-electron chi connectivity index (χ0n) is 27.2. The van der Waals surface area contributed by atoms with Crippen LogP contribution in [0, 0.1) is 0 Å². The van der Waals surface area contributed by atoms with Crippen LogP contribution in [0.5, 0.6) is 0 Å². The van der Waals surface area contributed by atoms with Crippen LogP contribution in [0.3, 0.4) is 0 Å². The molecule has 0 aliphatic heterocycles. The van der Waals surface area contributed by atoms with E-state index in [1.165, 1.54) is 12.1 Å². The average Bonchev–Trinajstić information content (AvgIpc) is 2.96. The van der Waals surface area contributed by atoms with E-state index in [2.05, 4.69) is 4.99 Å². The summed E-state index contributed by atoms with van der Waals surface area (Å²) in [5, 5.41) is -0.806. The molecule has 0 heterocycles. The molecule has 47 heavy (non-hydrogen) atoms. The Morgan fingerprint density at radius 1 is 0.638 bits per heavy atom. The molecule has 0 radical (unpaired) electrons. The van der Waals surface area contributed by atoms with E-state index in [0.29, 0.717) is 49.7 Å². The molecular formula is C29H42ClN3O10S4. The zero-order valence-corrected chi connectivity index (χ0v) is 31.2. The molecule has 0 bridgehead atoms. The molecular weight excluding hydrogens is 714 g/mol. The molecule has 2 aromatic rings. The first kappa shape index (κ1) is 42.2. The van der Waals surface area contributed by atoms with Crippen LogP contribution in [0.2, 0.25) is 0 Å². The van der Waals surface area contributed by atoms with Crippen molar-refractivity contribution in [2.24, 2.45) is 16.5 Å². The number of sulfone groups is 4. The Bertz CT molecular complexity index is 1970. The molecule has 0 aliphatic carbocycles. The Kier molecular flexibility index (Phi) is 15.2. The van der Waals surface area contributed by atoms with Gasteiger partial charge < -0.3 is 11.5 Å². The van der Waals surface area contributed by atoms with E-state index in [9.17, 15) is 43.3 Å². The van der Waals surface area contributed by atoms with Gasteiger partial charge in [-0.1, -0.05) is 40.5 Å². The Morgan fingerprint density at radius 3 is 1.30 bits per heavy atom. The van der Waals surface area contributed by atoms with Crippen LogP contribution in [-0.2, 0) is 52.2 Å². The van der Waals surface area contributed by atoms with Crippen LogP contribution < -0.4 is 11.5 Å². The van der Waals surface area contributed by atoms with Gasteiger partial charge in [-0.3, -0.25) is 9.59 Å². The molecule has 2 rings (SSSR count). The second kappa shape index (κ2) is 17.0. The summed E-state index contributed by atoms with van der Waals surface area (Å²) in [5.74, 6) is -1.59. The lowest BCUT2D eigenvalue weighted by atomic mass is 10.0. The number of carbonyl (C=O) groups is 2. The first-order valence-corrected chi connectivity index (χ1v) is 22.0. The standard InChI is InChI=1S/C15H23N3O5S2.C14H19ClO5S2/c1-4-6-7-25(22,23)13-8-10(5-2)11(14(19)18-15(16)17)9-12(13)24(3,20)21;1-4-6-7-22(19,20)13-8-10(5-2)11(14(15)16)9-12(13)21(3,17)18/h8-9H,4-7H2,1-3H3,(H4,16,17,18,19);8-9H,4-7H2,1-3H3. The molecule has 13 nitrogen and oxygen atoms in total. The van der Waals surface area contributed by atoms with Crippen molar-refractivity contribution in [2.45, 2.75) is 85.8 Å². The number of nitrogens with zero attached hydrogens (tertiary/aromatic N) is 1. The largest absolute Gasteiger partial charge is 0.370 e. The highest BCUT2D eigenvalue weighted by atomic mass is 35.5. The SMILES string of the molecule is CCCCS(=O)(=O)c1cc(CC)c(C(=O)Cl)cc1S(C)(=O)=O.CCCCS(=O)(=O)c1cc(CC)c(C(=O)N=C(N)N)cc1S(C)(=O)=O. The number of guanidine groups is 1. The number of amides is 1. The first-order valence-electron chi connectivity index (χ1n) is 14.5. The van der Waals surface area contributed by atoms with Crippen molar-refractivity contribution in [1.29, 1.82) is 0 Å². The van der Waals surface area contributed by atoms with Crippen molar-refractivity contribution in [2.75, 3.05) is 24.0 Å². The van der Waals surface area contributed by atoms with Crippen molar-refractivity contribution in [3.05, 3.63) is 46.5 Å². The summed E-state index contributed by atoms with van der Waals surface area (Å²) in [6.45, 7) is 7.13. The molecule has 4 N–H and O–H groups in total. The number of hydrogen-bond acceptors (Lipinski definition) is 10. The van der Waals surface area contributed by atoms with Crippen molar-refractivity contribution in [3.8, 4) is 0 Å². The number of aryl methyl sites for hydroxylation is 2. The first-order chi connectivity index (χ1) is 21.5. The third kappa shape index (κ3) is 11.7. The van der Waals surface area contributed by atoms with Crippen LogP contribution in [0.15, 0.2) is 48.8 Å². The highest BCUT2D eigenvalue weighted by molar-refractivity contribution is 7.94. The second-order valence-corrected chi connectivity index (χ2v) is 19.1. The molecule has 0 saturated heterocycles. The van der Waals surface area contributed by atoms with Gasteiger partial charge in [-0.05, 0) is 72.7 Å². The third-order valence-corrected chi connectivity index (χ3v) is 13.2. The number of halogens is 1. The lowest BCUT2D eigenvalue weighted by Crippen LogP contribution is -2.24. The number of hydrogen-bond donors (Lipinski definition) is 2. The highest BCUT2D eigenvalue weighted by Crippen LogP contribution is 2.29. The molecule has 0 atom stereocenters. The molecule has 0 spiro atoms. The molecule has 2 aromatic carbocycles. The summed E-state index contributed by atoms with van der Waals surface area (Å²) >= 11 is 5.48. The molecule has 18 heteroatoms. The molecule has 0 fully saturated rings. The average molecular weight is 756 g/mol. The van der Waals surface area contributed by atoms with Gasteiger partial charge in [0.2, 0.25) is 0 Å². The number of benzene rings is 2. The summed E-state index contributed by atoms with van der Waals surface area (Å²) in [6.07, 6.45) is 4.64. The summed E-state index contributed by atoms with van der Waals surface area (Å²) in [4.78, 5) is 25.7. The molecule has 0 saturated carbocycles. The number of rotatable bonds is 14. The predicted octanol–water partition coefficient (Wildman–Crippen LogP) is 3.25. The molecule has 0 aliphatic rings. The van der Waals surface area contributed by atoms with E-state index >= 15 is 0 Å². The maximum absolute atomic E-state index is 12.6. The van der Waals surface area contributed by atoms with E-state index in [4.69, 9.17) is 23.1 Å². The number of nitrogens with two attached hydrogens (primary N) is 2. The Balaban J connectivity index is 0.000000474. The van der Waals surface area contributed by atoms with Gasteiger partial charge >= 0.3 is 0 Å². The second-order valence-electron chi connectivity index (χ2n) is 10.6. The van der Waals surface area contributed by atoms with Gasteiger partial charge in [0, 0.05) is 23.6 Å². The fourth-order valence-corrected chi connectivity index (χ4v) is 10.8. The van der Waals surface area contributed by atoms with E-state index in [-0.39, 0.29) is 37.3 Å². The van der Waals surface area contributed by atoms with Crippen LogP contribution >= 0.6 is 11.6 Å². The summed E-state index contributed by atoms with van der Waals surface area (Å²) in [6, 6.07) is 4.61. The van der Waals surface area contributed by atoms with Gasteiger partial charge in [-0.15, -0.1) is 0 Å². The summed E-state index contributed by atoms with van der Waals surface area (Å²) in [5.41, 5.74) is 11.2. The lowest BCUT2D eigenvalue weighted by molar-refractivity contribution is 0.100. The lowest BCUT2D eigenvalue weighted by Gasteiger charge is -2.14. The van der Waals surface area contributed by atoms with E-state index < -0.39 is 61.4 Å². The summed E-state index contributed by atoms with van der Waals surface area (Å²) < 4.78 is 98.1. The van der Waals surface area contributed by atoms with Crippen molar-refractivity contribution >= 4 is 68.1 Å². The Labute approximate surface area is 282 Å². The fourth-order valence-electron chi connectivity index (χ4n) is 4.30. The fraction of sp³-hybridized carbons (Fsp3) is 0.483. The topological polar surface area (TPSA) is 235 Å². The smallest absolute Gasteiger partial charge is 0.280 e. The van der Waals surface area contributed by atoms with Gasteiger partial charge in [-0.2, -0.15) is 4.99 Å². The number of aliphatic imine (C=N–C) groups is 1. The van der Waals surface area contributed by atoms with Crippen LogP contribution in [0.1, 0.15) is 85.2 Å². The van der Waals surface area contributed by atoms with Crippen molar-refractivity contribution < 1.29 is 43.3 Å². The molecule has 264 valence electrons. The van der Waals surface area contributed by atoms with Crippen LogP contribution in [-0.4, -0.2) is 74.8 Å². The minimum Gasteiger partial charge on any atom is -0.370 e. The molecule has 1 amide bonds.